The van der Waals surface area contributed by atoms with Crippen molar-refractivity contribution in [1.82, 2.24) is 10.2 Å². The number of anilines is 1. The molecule has 2 amide bonds. The van der Waals surface area contributed by atoms with Gasteiger partial charge in [0.1, 0.15) is 0 Å². The molecule has 0 bridgehead atoms. The van der Waals surface area contributed by atoms with Crippen molar-refractivity contribution in [3.05, 3.63) is 65.2 Å². The average molecular weight is 365 g/mol. The summed E-state index contributed by atoms with van der Waals surface area (Å²) in [6.07, 6.45) is 2.01. The minimum absolute atomic E-state index is 0.0157. The number of amides is 2. The van der Waals surface area contributed by atoms with E-state index >= 15 is 0 Å². The van der Waals surface area contributed by atoms with Crippen LogP contribution < -0.4 is 10.6 Å². The number of piperidine rings is 1. The monoisotopic (exact) mass is 365 g/mol. The summed E-state index contributed by atoms with van der Waals surface area (Å²) in [6, 6.07) is 14.7. The molecule has 2 aromatic carbocycles. The van der Waals surface area contributed by atoms with E-state index in [1.165, 1.54) is 0 Å². The van der Waals surface area contributed by atoms with Crippen LogP contribution in [0, 0.1) is 12.8 Å². The first kappa shape index (κ1) is 19.1. The topological polar surface area (TPSA) is 61.4 Å². The Hall–Kier alpha value is -2.66. The lowest BCUT2D eigenvalue weighted by Crippen LogP contribution is -2.40. The summed E-state index contributed by atoms with van der Waals surface area (Å²) in [5.74, 6) is 0.403. The number of para-hydroxylation sites is 1. The average Bonchev–Trinajstić information content (AvgIpc) is 2.69. The van der Waals surface area contributed by atoms with Crippen LogP contribution in [0.2, 0.25) is 0 Å². The quantitative estimate of drug-likeness (QED) is 0.854. The minimum Gasteiger partial charge on any atom is -0.339 e. The summed E-state index contributed by atoms with van der Waals surface area (Å²) in [7, 11) is 1.96. The van der Waals surface area contributed by atoms with E-state index in [4.69, 9.17) is 0 Å². The van der Waals surface area contributed by atoms with Gasteiger partial charge in [-0.1, -0.05) is 29.8 Å². The van der Waals surface area contributed by atoms with Crippen molar-refractivity contribution in [2.45, 2.75) is 19.8 Å². The molecule has 0 spiro atoms. The lowest BCUT2D eigenvalue weighted by molar-refractivity contribution is 0.0692. The summed E-state index contributed by atoms with van der Waals surface area (Å²) >= 11 is 0. The van der Waals surface area contributed by atoms with E-state index in [-0.39, 0.29) is 11.8 Å². The molecule has 0 aromatic heterocycles. The summed E-state index contributed by atoms with van der Waals surface area (Å²) in [5.41, 5.74) is 2.72. The fourth-order valence-electron chi connectivity index (χ4n) is 3.56. The standard InChI is InChI=1S/C22H27N3O2/c1-16-6-5-7-18(14-16)21(26)24-20-9-4-3-8-19(20)22(27)25-12-10-17(11-13-25)15-23-2/h3-9,14,17,23H,10-13,15H2,1-2H3,(H,24,26). The van der Waals surface area contributed by atoms with Crippen molar-refractivity contribution in [1.29, 1.82) is 0 Å². The van der Waals surface area contributed by atoms with E-state index in [0.717, 1.165) is 38.0 Å². The van der Waals surface area contributed by atoms with Crippen LogP contribution >= 0.6 is 0 Å². The van der Waals surface area contributed by atoms with E-state index in [2.05, 4.69) is 10.6 Å². The van der Waals surface area contributed by atoms with E-state index in [1.54, 1.807) is 18.2 Å². The highest BCUT2D eigenvalue weighted by molar-refractivity contribution is 6.09. The Balaban J connectivity index is 1.72. The van der Waals surface area contributed by atoms with E-state index in [1.807, 2.05) is 49.2 Å². The Morgan fingerprint density at radius 1 is 1.07 bits per heavy atom. The number of carbonyl (C=O) groups is 2. The number of carbonyl (C=O) groups excluding carboxylic acids is 2. The Kier molecular flexibility index (Phi) is 6.24. The second-order valence-corrected chi connectivity index (χ2v) is 7.16. The first-order valence-electron chi connectivity index (χ1n) is 9.49. The van der Waals surface area contributed by atoms with Crippen LogP contribution in [-0.4, -0.2) is 43.4 Å². The van der Waals surface area contributed by atoms with Gasteiger partial charge in [-0.05, 0) is 63.5 Å². The summed E-state index contributed by atoms with van der Waals surface area (Å²) in [4.78, 5) is 27.5. The third-order valence-electron chi connectivity index (χ3n) is 5.08. The Bertz CT molecular complexity index is 811. The molecule has 0 radical (unpaired) electrons. The van der Waals surface area contributed by atoms with Crippen LogP contribution in [0.5, 0.6) is 0 Å². The van der Waals surface area contributed by atoms with Crippen LogP contribution in [0.15, 0.2) is 48.5 Å². The third-order valence-corrected chi connectivity index (χ3v) is 5.08. The zero-order valence-electron chi connectivity index (χ0n) is 16.0. The molecule has 1 aliphatic rings. The van der Waals surface area contributed by atoms with Crippen molar-refractivity contribution < 1.29 is 9.59 Å². The van der Waals surface area contributed by atoms with Gasteiger partial charge < -0.3 is 15.5 Å². The molecule has 1 saturated heterocycles. The number of aryl methyl sites for hydroxylation is 1. The first-order valence-corrected chi connectivity index (χ1v) is 9.49. The smallest absolute Gasteiger partial charge is 0.255 e. The van der Waals surface area contributed by atoms with Gasteiger partial charge >= 0.3 is 0 Å². The predicted molar refractivity (Wildman–Crippen MR) is 108 cm³/mol. The second kappa shape index (κ2) is 8.82. The van der Waals surface area contributed by atoms with Crippen molar-refractivity contribution in [2.75, 3.05) is 32.0 Å². The van der Waals surface area contributed by atoms with E-state index < -0.39 is 0 Å². The van der Waals surface area contributed by atoms with Gasteiger partial charge in [-0.25, -0.2) is 0 Å². The molecular weight excluding hydrogens is 338 g/mol. The lowest BCUT2D eigenvalue weighted by atomic mass is 9.96. The Labute approximate surface area is 160 Å². The maximum absolute atomic E-state index is 13.0. The number of benzene rings is 2. The van der Waals surface area contributed by atoms with Gasteiger partial charge in [0.05, 0.1) is 11.3 Å². The largest absolute Gasteiger partial charge is 0.339 e. The molecule has 5 heteroatoms. The first-order chi connectivity index (χ1) is 13.1. The molecule has 5 nitrogen and oxygen atoms in total. The zero-order chi connectivity index (χ0) is 19.2. The van der Waals surface area contributed by atoms with Crippen molar-refractivity contribution in [3.63, 3.8) is 0 Å². The number of nitrogens with zero attached hydrogens (tertiary/aromatic N) is 1. The van der Waals surface area contributed by atoms with Crippen LogP contribution in [-0.2, 0) is 0 Å². The molecular formula is C22H27N3O2. The van der Waals surface area contributed by atoms with Crippen molar-refractivity contribution in [2.24, 2.45) is 5.92 Å². The molecule has 0 atom stereocenters. The summed E-state index contributed by atoms with van der Waals surface area (Å²) in [5, 5.41) is 6.12. The van der Waals surface area contributed by atoms with Crippen molar-refractivity contribution >= 4 is 17.5 Å². The normalized spacial score (nSPS) is 14.8. The lowest BCUT2D eigenvalue weighted by Gasteiger charge is -2.32. The minimum atomic E-state index is -0.202. The van der Waals surface area contributed by atoms with Gasteiger partial charge in [-0.2, -0.15) is 0 Å². The molecule has 0 unspecified atom stereocenters. The fraction of sp³-hybridized carbons (Fsp3) is 0.364. The highest BCUT2D eigenvalue weighted by atomic mass is 16.2. The van der Waals surface area contributed by atoms with Gasteiger partial charge in [-0.3, -0.25) is 9.59 Å². The highest BCUT2D eigenvalue weighted by Crippen LogP contribution is 2.23. The maximum Gasteiger partial charge on any atom is 0.255 e. The zero-order valence-corrected chi connectivity index (χ0v) is 16.0. The molecule has 27 heavy (non-hydrogen) atoms. The van der Waals surface area contributed by atoms with Crippen LogP contribution in [0.25, 0.3) is 0 Å². The number of hydrogen-bond donors (Lipinski definition) is 2. The highest BCUT2D eigenvalue weighted by Gasteiger charge is 2.25. The Morgan fingerprint density at radius 3 is 2.52 bits per heavy atom. The van der Waals surface area contributed by atoms with Gasteiger partial charge in [0, 0.05) is 18.7 Å². The van der Waals surface area contributed by atoms with Crippen LogP contribution in [0.1, 0.15) is 39.1 Å². The van der Waals surface area contributed by atoms with E-state index in [0.29, 0.717) is 22.7 Å². The number of hydrogen-bond acceptors (Lipinski definition) is 3. The molecule has 2 aromatic rings. The van der Waals surface area contributed by atoms with Crippen LogP contribution in [0.3, 0.4) is 0 Å². The number of rotatable bonds is 5. The number of likely N-dealkylation sites (tertiary alicyclic amines) is 1. The summed E-state index contributed by atoms with van der Waals surface area (Å²) in [6.45, 7) is 4.45. The van der Waals surface area contributed by atoms with E-state index in [9.17, 15) is 9.59 Å². The molecule has 0 saturated carbocycles. The molecule has 1 fully saturated rings. The summed E-state index contributed by atoms with van der Waals surface area (Å²) < 4.78 is 0. The molecule has 142 valence electrons. The van der Waals surface area contributed by atoms with Gasteiger partial charge in [0.2, 0.25) is 0 Å². The predicted octanol–water partition coefficient (Wildman–Crippen LogP) is 3.32. The fourth-order valence-corrected chi connectivity index (χ4v) is 3.56. The molecule has 1 aliphatic heterocycles. The molecule has 3 rings (SSSR count). The van der Waals surface area contributed by atoms with Crippen LogP contribution in [0.4, 0.5) is 5.69 Å². The van der Waals surface area contributed by atoms with Crippen molar-refractivity contribution in [3.8, 4) is 0 Å². The van der Waals surface area contributed by atoms with Gasteiger partial charge in [-0.15, -0.1) is 0 Å². The Morgan fingerprint density at radius 2 is 1.81 bits per heavy atom. The molecule has 1 heterocycles. The third kappa shape index (κ3) is 4.74. The SMILES string of the molecule is CNCC1CCN(C(=O)c2ccccc2NC(=O)c2cccc(C)c2)CC1. The maximum atomic E-state index is 13.0. The van der Waals surface area contributed by atoms with Gasteiger partial charge in [0.15, 0.2) is 0 Å². The molecule has 0 aliphatic carbocycles. The van der Waals surface area contributed by atoms with Gasteiger partial charge in [0.25, 0.3) is 11.8 Å². The second-order valence-electron chi connectivity index (χ2n) is 7.16. The number of nitrogens with one attached hydrogen (secondary N) is 2. The molecule has 2 N–H and O–H groups in total.